The van der Waals surface area contributed by atoms with Crippen LogP contribution in [0.5, 0.6) is 11.5 Å². The summed E-state index contributed by atoms with van der Waals surface area (Å²) in [6.45, 7) is 7.82. The molecule has 2 aromatic carbocycles. The first-order valence-corrected chi connectivity index (χ1v) is 8.96. The number of nitrogens with zero attached hydrogens (tertiary/aromatic N) is 3. The maximum absolute atomic E-state index is 10.3. The maximum Gasteiger partial charge on any atom is 0.200 e. The van der Waals surface area contributed by atoms with Crippen molar-refractivity contribution in [2.24, 2.45) is 0 Å². The van der Waals surface area contributed by atoms with E-state index in [2.05, 4.69) is 16.8 Å². The number of phenols is 2. The third-order valence-corrected chi connectivity index (χ3v) is 4.83. The van der Waals surface area contributed by atoms with Crippen molar-refractivity contribution in [2.45, 2.75) is 20.3 Å². The molecule has 0 bridgehead atoms. The average molecular weight is 382 g/mol. The van der Waals surface area contributed by atoms with Gasteiger partial charge < -0.3 is 15.1 Å². The van der Waals surface area contributed by atoms with Gasteiger partial charge in [0.25, 0.3) is 0 Å². The molecule has 0 saturated heterocycles. The molecule has 0 radical (unpaired) electrons. The SMILES string of the molecule is C=C(C)N(C)c1ccc(-n2c(-c3cc(CC)c(O)cc3O)n[nH]c2=S)cc1. The van der Waals surface area contributed by atoms with Gasteiger partial charge in [0, 0.05) is 24.5 Å². The van der Waals surface area contributed by atoms with E-state index in [1.807, 2.05) is 50.1 Å². The summed E-state index contributed by atoms with van der Waals surface area (Å²) in [4.78, 5) is 1.98. The van der Waals surface area contributed by atoms with Gasteiger partial charge in [0.15, 0.2) is 10.6 Å². The summed E-state index contributed by atoms with van der Waals surface area (Å²) in [5.74, 6) is 0.485. The number of benzene rings is 2. The fraction of sp³-hybridized carbons (Fsp3) is 0.200. The number of H-pyrrole nitrogens is 1. The smallest absolute Gasteiger partial charge is 0.200 e. The summed E-state index contributed by atoms with van der Waals surface area (Å²) in [6, 6.07) is 10.9. The lowest BCUT2D eigenvalue weighted by Crippen LogP contribution is -2.13. The summed E-state index contributed by atoms with van der Waals surface area (Å²) >= 11 is 5.40. The number of aromatic nitrogens is 3. The van der Waals surface area contributed by atoms with Gasteiger partial charge in [-0.3, -0.25) is 9.67 Å². The van der Waals surface area contributed by atoms with Crippen molar-refractivity contribution in [2.75, 3.05) is 11.9 Å². The van der Waals surface area contributed by atoms with Crippen LogP contribution in [0.3, 0.4) is 0 Å². The first-order valence-electron chi connectivity index (χ1n) is 8.55. The molecule has 0 atom stereocenters. The molecule has 0 spiro atoms. The van der Waals surface area contributed by atoms with Crippen molar-refractivity contribution < 1.29 is 10.2 Å². The zero-order valence-electron chi connectivity index (χ0n) is 15.5. The van der Waals surface area contributed by atoms with Crippen LogP contribution < -0.4 is 4.90 Å². The Bertz CT molecular complexity index is 1050. The molecule has 0 saturated carbocycles. The van der Waals surface area contributed by atoms with Crippen molar-refractivity contribution >= 4 is 17.9 Å². The Kier molecular flexibility index (Phi) is 5.05. The zero-order valence-corrected chi connectivity index (χ0v) is 16.3. The monoisotopic (exact) mass is 382 g/mol. The summed E-state index contributed by atoms with van der Waals surface area (Å²) in [7, 11) is 1.95. The topological polar surface area (TPSA) is 77.3 Å². The predicted octanol–water partition coefficient (Wildman–Crippen LogP) is 4.54. The van der Waals surface area contributed by atoms with Gasteiger partial charge in [-0.1, -0.05) is 13.5 Å². The van der Waals surface area contributed by atoms with Crippen LogP contribution in [0.2, 0.25) is 0 Å². The van der Waals surface area contributed by atoms with Crippen LogP contribution in [0, 0.1) is 4.77 Å². The van der Waals surface area contributed by atoms with Gasteiger partial charge in [-0.2, -0.15) is 5.10 Å². The highest BCUT2D eigenvalue weighted by Crippen LogP contribution is 2.35. The normalized spacial score (nSPS) is 10.8. The number of nitrogens with one attached hydrogen (secondary N) is 1. The second-order valence-electron chi connectivity index (χ2n) is 6.35. The Morgan fingerprint density at radius 3 is 2.48 bits per heavy atom. The first kappa shape index (κ1) is 18.7. The van der Waals surface area contributed by atoms with Gasteiger partial charge in [-0.15, -0.1) is 0 Å². The van der Waals surface area contributed by atoms with E-state index in [1.54, 1.807) is 10.6 Å². The minimum absolute atomic E-state index is 0.0569. The highest BCUT2D eigenvalue weighted by atomic mass is 32.1. The fourth-order valence-corrected chi connectivity index (χ4v) is 3.08. The Morgan fingerprint density at radius 1 is 1.22 bits per heavy atom. The number of allylic oxidation sites excluding steroid dienone is 1. The second kappa shape index (κ2) is 7.28. The zero-order chi connectivity index (χ0) is 19.7. The van der Waals surface area contributed by atoms with E-state index in [9.17, 15) is 10.2 Å². The van der Waals surface area contributed by atoms with Crippen LogP contribution in [-0.2, 0) is 6.42 Å². The van der Waals surface area contributed by atoms with E-state index in [0.29, 0.717) is 22.6 Å². The van der Waals surface area contributed by atoms with E-state index in [-0.39, 0.29) is 11.5 Å². The molecular weight excluding hydrogens is 360 g/mol. The highest BCUT2D eigenvalue weighted by molar-refractivity contribution is 7.71. The molecule has 3 rings (SSSR count). The van der Waals surface area contributed by atoms with Crippen LogP contribution in [-0.4, -0.2) is 32.0 Å². The lowest BCUT2D eigenvalue weighted by atomic mass is 10.1. The van der Waals surface area contributed by atoms with Crippen molar-refractivity contribution in [3.05, 3.63) is 59.0 Å². The summed E-state index contributed by atoms with van der Waals surface area (Å²) in [5.41, 5.74) is 3.98. The minimum atomic E-state index is -0.0569. The third kappa shape index (κ3) is 3.46. The number of hydrogen-bond acceptors (Lipinski definition) is 5. The molecule has 3 aromatic rings. The van der Waals surface area contributed by atoms with Crippen LogP contribution in [0.1, 0.15) is 19.4 Å². The van der Waals surface area contributed by atoms with Crippen LogP contribution in [0.25, 0.3) is 17.1 Å². The average Bonchev–Trinajstić information content (AvgIpc) is 3.02. The Labute approximate surface area is 163 Å². The van der Waals surface area contributed by atoms with E-state index in [1.165, 1.54) is 6.07 Å². The number of phenolic OH excluding ortho intramolecular Hbond substituents is 2. The number of anilines is 1. The summed E-state index contributed by atoms with van der Waals surface area (Å²) < 4.78 is 2.17. The Morgan fingerprint density at radius 2 is 1.89 bits per heavy atom. The Hall–Kier alpha value is -3.06. The minimum Gasteiger partial charge on any atom is -0.508 e. The summed E-state index contributed by atoms with van der Waals surface area (Å²) in [5, 5.41) is 27.4. The first-order chi connectivity index (χ1) is 12.8. The predicted molar refractivity (Wildman–Crippen MR) is 110 cm³/mol. The largest absolute Gasteiger partial charge is 0.508 e. The van der Waals surface area contributed by atoms with Crippen molar-refractivity contribution in [1.82, 2.24) is 14.8 Å². The van der Waals surface area contributed by atoms with Gasteiger partial charge in [-0.05, 0) is 61.5 Å². The van der Waals surface area contributed by atoms with Crippen LogP contribution in [0.4, 0.5) is 5.69 Å². The molecule has 27 heavy (non-hydrogen) atoms. The number of aromatic hydroxyl groups is 2. The van der Waals surface area contributed by atoms with Crippen molar-refractivity contribution in [1.29, 1.82) is 0 Å². The molecule has 7 heteroatoms. The van der Waals surface area contributed by atoms with Crippen molar-refractivity contribution in [3.8, 4) is 28.6 Å². The number of rotatable bonds is 5. The van der Waals surface area contributed by atoms with Crippen molar-refractivity contribution in [3.63, 3.8) is 0 Å². The molecule has 0 aliphatic carbocycles. The lowest BCUT2D eigenvalue weighted by molar-refractivity contribution is 0.447. The van der Waals surface area contributed by atoms with Gasteiger partial charge in [0.2, 0.25) is 0 Å². The molecular formula is C20H22N4O2S. The second-order valence-corrected chi connectivity index (χ2v) is 6.74. The summed E-state index contributed by atoms with van der Waals surface area (Å²) in [6.07, 6.45) is 0.631. The third-order valence-electron chi connectivity index (χ3n) is 4.56. The molecule has 140 valence electrons. The molecule has 0 fully saturated rings. The maximum atomic E-state index is 10.3. The number of aromatic amines is 1. The molecule has 0 unspecified atom stereocenters. The standard InChI is InChI=1S/C20H22N4O2S/c1-5-13-10-16(18(26)11-17(13)25)19-21-22-20(27)24(19)15-8-6-14(7-9-15)23(4)12(2)3/h6-11,25-26H,2,5H2,1,3-4H3,(H,22,27). The van der Waals surface area contributed by atoms with Gasteiger partial charge in [0.1, 0.15) is 11.5 Å². The molecule has 0 aliphatic rings. The van der Waals surface area contributed by atoms with E-state index in [4.69, 9.17) is 12.2 Å². The van der Waals surface area contributed by atoms with Crippen LogP contribution >= 0.6 is 12.2 Å². The molecule has 6 nitrogen and oxygen atoms in total. The van der Waals surface area contributed by atoms with Gasteiger partial charge in [-0.25, -0.2) is 0 Å². The fourth-order valence-electron chi connectivity index (χ4n) is 2.85. The highest BCUT2D eigenvalue weighted by Gasteiger charge is 2.17. The van der Waals surface area contributed by atoms with E-state index < -0.39 is 0 Å². The molecule has 1 aromatic heterocycles. The van der Waals surface area contributed by atoms with Gasteiger partial charge in [0.05, 0.1) is 11.3 Å². The lowest BCUT2D eigenvalue weighted by Gasteiger charge is -2.19. The van der Waals surface area contributed by atoms with Crippen LogP contribution in [0.15, 0.2) is 48.7 Å². The van der Waals surface area contributed by atoms with Gasteiger partial charge >= 0.3 is 0 Å². The molecule has 0 aliphatic heterocycles. The van der Waals surface area contributed by atoms with E-state index in [0.717, 1.165) is 22.6 Å². The molecule has 0 amide bonds. The number of aryl methyl sites for hydroxylation is 1. The Balaban J connectivity index is 2.11. The van der Waals surface area contributed by atoms with E-state index >= 15 is 0 Å². The number of hydrogen-bond donors (Lipinski definition) is 3. The quantitative estimate of drug-likeness (QED) is 0.565. The molecule has 1 heterocycles. The molecule has 3 N–H and O–H groups in total.